The van der Waals surface area contributed by atoms with E-state index in [9.17, 15) is 4.79 Å². The summed E-state index contributed by atoms with van der Waals surface area (Å²) in [7, 11) is 1.72. The Morgan fingerprint density at radius 2 is 2.03 bits per heavy atom. The molecular formula is C25H26N4O2. The Morgan fingerprint density at radius 3 is 2.77 bits per heavy atom. The van der Waals surface area contributed by atoms with Crippen LogP contribution in [0.5, 0.6) is 0 Å². The molecule has 0 unspecified atom stereocenters. The number of fused-ring (bicyclic) bond motifs is 1. The Balaban J connectivity index is 1.81. The number of nitrogen functional groups attached to an aromatic ring is 1. The number of amides is 1. The molecule has 0 radical (unpaired) electrons. The van der Waals surface area contributed by atoms with Gasteiger partial charge in [0.05, 0.1) is 31.0 Å². The largest absolute Gasteiger partial charge is 0.382 e. The molecule has 31 heavy (non-hydrogen) atoms. The van der Waals surface area contributed by atoms with Gasteiger partial charge in [-0.3, -0.25) is 4.79 Å². The van der Waals surface area contributed by atoms with Gasteiger partial charge in [0, 0.05) is 31.1 Å². The second-order valence-electron chi connectivity index (χ2n) is 7.76. The van der Waals surface area contributed by atoms with Crippen molar-refractivity contribution >= 4 is 28.3 Å². The minimum absolute atomic E-state index is 0.0961. The number of carbonyl (C=O) groups excluding carboxylic acids is 1. The van der Waals surface area contributed by atoms with Crippen molar-refractivity contribution in [3.05, 3.63) is 53.6 Å². The minimum Gasteiger partial charge on any atom is -0.382 e. The number of hydrogen-bond acceptors (Lipinski definition) is 5. The number of carbonyl (C=O) groups is 1. The van der Waals surface area contributed by atoms with E-state index in [-0.39, 0.29) is 12.5 Å². The molecule has 0 bridgehead atoms. The summed E-state index contributed by atoms with van der Waals surface area (Å²) in [5.74, 6) is 2.95. The highest BCUT2D eigenvalue weighted by Gasteiger charge is 2.19. The molecule has 3 aromatic rings. The van der Waals surface area contributed by atoms with Crippen molar-refractivity contribution in [3.8, 4) is 23.5 Å². The van der Waals surface area contributed by atoms with Crippen molar-refractivity contribution in [3.63, 3.8) is 0 Å². The third-order valence-electron chi connectivity index (χ3n) is 5.64. The lowest BCUT2D eigenvalue weighted by Crippen LogP contribution is -2.36. The van der Waals surface area contributed by atoms with Crippen LogP contribution in [0.2, 0.25) is 0 Å². The molecule has 2 N–H and O–H groups in total. The first-order valence-corrected chi connectivity index (χ1v) is 10.3. The van der Waals surface area contributed by atoms with Crippen LogP contribution < -0.4 is 10.6 Å². The summed E-state index contributed by atoms with van der Waals surface area (Å²) in [5.41, 5.74) is 11.5. The van der Waals surface area contributed by atoms with Crippen LogP contribution in [0.4, 0.5) is 11.5 Å². The summed E-state index contributed by atoms with van der Waals surface area (Å²) >= 11 is 0. The summed E-state index contributed by atoms with van der Waals surface area (Å²) in [6.07, 6.45) is 5.40. The van der Waals surface area contributed by atoms with Gasteiger partial charge in [-0.15, -0.1) is 6.42 Å². The first-order chi connectivity index (χ1) is 15.0. The third-order valence-corrected chi connectivity index (χ3v) is 5.64. The molecule has 2 aromatic carbocycles. The van der Waals surface area contributed by atoms with E-state index < -0.39 is 0 Å². The summed E-state index contributed by atoms with van der Waals surface area (Å²) in [6.45, 7) is 5.20. The first-order valence-electron chi connectivity index (χ1n) is 10.3. The summed E-state index contributed by atoms with van der Waals surface area (Å²) in [4.78, 5) is 21.4. The van der Waals surface area contributed by atoms with Crippen LogP contribution in [0, 0.1) is 19.3 Å². The van der Waals surface area contributed by atoms with Crippen LogP contribution in [0.3, 0.4) is 0 Å². The lowest BCUT2D eigenvalue weighted by molar-refractivity contribution is 0.0813. The number of terminal acetylenes is 1. The van der Waals surface area contributed by atoms with E-state index in [0.29, 0.717) is 24.6 Å². The molecule has 0 aliphatic carbocycles. The molecule has 6 nitrogen and oxygen atoms in total. The maximum atomic E-state index is 13.0. The highest BCUT2D eigenvalue weighted by atomic mass is 16.5. The molecule has 1 aliphatic heterocycles. The van der Waals surface area contributed by atoms with Gasteiger partial charge in [-0.05, 0) is 47.9 Å². The van der Waals surface area contributed by atoms with Crippen molar-refractivity contribution in [2.45, 2.75) is 6.92 Å². The zero-order chi connectivity index (χ0) is 22.0. The van der Waals surface area contributed by atoms with Crippen molar-refractivity contribution in [2.75, 3.05) is 50.5 Å². The highest BCUT2D eigenvalue weighted by Crippen LogP contribution is 2.33. The summed E-state index contributed by atoms with van der Waals surface area (Å²) < 4.78 is 5.46. The minimum atomic E-state index is -0.0961. The Morgan fingerprint density at radius 1 is 1.26 bits per heavy atom. The van der Waals surface area contributed by atoms with Gasteiger partial charge in [0.25, 0.3) is 5.91 Å². The molecule has 2 heterocycles. The van der Waals surface area contributed by atoms with Gasteiger partial charge in [-0.25, -0.2) is 4.98 Å². The zero-order valence-electron chi connectivity index (χ0n) is 17.9. The maximum absolute atomic E-state index is 13.0. The molecule has 4 rings (SSSR count). The predicted molar refractivity (Wildman–Crippen MR) is 125 cm³/mol. The van der Waals surface area contributed by atoms with Crippen molar-refractivity contribution in [1.29, 1.82) is 0 Å². The van der Waals surface area contributed by atoms with E-state index >= 15 is 0 Å². The predicted octanol–water partition coefficient (Wildman–Crippen LogP) is 3.33. The van der Waals surface area contributed by atoms with Crippen LogP contribution in [0.1, 0.15) is 15.9 Å². The van der Waals surface area contributed by atoms with Crippen molar-refractivity contribution in [1.82, 2.24) is 9.88 Å². The number of aryl methyl sites for hydroxylation is 1. The van der Waals surface area contributed by atoms with E-state index in [1.54, 1.807) is 11.9 Å². The average molecular weight is 415 g/mol. The third kappa shape index (κ3) is 4.05. The van der Waals surface area contributed by atoms with E-state index in [2.05, 4.69) is 27.9 Å². The summed E-state index contributed by atoms with van der Waals surface area (Å²) in [6, 6.07) is 13.9. The molecular weight excluding hydrogens is 388 g/mol. The van der Waals surface area contributed by atoms with Gasteiger partial charge in [0.1, 0.15) is 5.82 Å². The molecule has 6 heteroatoms. The Hall–Kier alpha value is -3.56. The number of nitrogens with zero attached hydrogens (tertiary/aromatic N) is 3. The number of rotatable bonds is 4. The fourth-order valence-corrected chi connectivity index (χ4v) is 4.04. The van der Waals surface area contributed by atoms with E-state index in [0.717, 1.165) is 46.4 Å². The van der Waals surface area contributed by atoms with Crippen LogP contribution in [0.15, 0.2) is 42.5 Å². The van der Waals surface area contributed by atoms with E-state index in [1.165, 1.54) is 0 Å². The molecule has 0 atom stereocenters. The van der Waals surface area contributed by atoms with E-state index in [1.807, 2.05) is 37.3 Å². The number of aromatic nitrogens is 1. The van der Waals surface area contributed by atoms with Crippen LogP contribution >= 0.6 is 0 Å². The average Bonchev–Trinajstić information content (AvgIpc) is 2.78. The molecule has 0 spiro atoms. The monoisotopic (exact) mass is 414 g/mol. The topological polar surface area (TPSA) is 71.7 Å². The molecule has 0 saturated carbocycles. The molecule has 1 aliphatic rings. The lowest BCUT2D eigenvalue weighted by atomic mass is 9.93. The molecule has 1 saturated heterocycles. The van der Waals surface area contributed by atoms with Crippen LogP contribution in [0.25, 0.3) is 22.0 Å². The normalized spacial score (nSPS) is 13.8. The maximum Gasteiger partial charge on any atom is 0.255 e. The fraction of sp³-hybridized carbons (Fsp3) is 0.280. The van der Waals surface area contributed by atoms with Gasteiger partial charge in [0.2, 0.25) is 0 Å². The molecule has 1 aromatic heterocycles. The SMILES string of the molecule is C#CCN(C)C(=O)c1cccc(C)c1-c1ccc2nc(N)c(N3CCOCC3)cc2c1. The molecule has 1 fully saturated rings. The van der Waals surface area contributed by atoms with Gasteiger partial charge >= 0.3 is 0 Å². The highest BCUT2D eigenvalue weighted by molar-refractivity contribution is 6.02. The Labute approximate surface area is 182 Å². The Bertz CT molecular complexity index is 1180. The second-order valence-corrected chi connectivity index (χ2v) is 7.76. The van der Waals surface area contributed by atoms with Crippen molar-refractivity contribution < 1.29 is 9.53 Å². The van der Waals surface area contributed by atoms with Crippen LogP contribution in [-0.4, -0.2) is 55.7 Å². The van der Waals surface area contributed by atoms with Crippen molar-refractivity contribution in [2.24, 2.45) is 0 Å². The van der Waals surface area contributed by atoms with Gasteiger partial charge in [-0.2, -0.15) is 0 Å². The summed E-state index contributed by atoms with van der Waals surface area (Å²) in [5, 5.41) is 0.979. The standard InChI is InChI=1S/C25H26N4O2/c1-4-10-28(3)25(30)20-7-5-6-17(2)23(20)18-8-9-21-19(15-18)16-22(24(26)27-21)29-11-13-31-14-12-29/h1,5-9,15-16H,10-14H2,2-3H3,(H2,26,27). The van der Waals surface area contributed by atoms with Gasteiger partial charge < -0.3 is 20.3 Å². The molecule has 1 amide bonds. The zero-order valence-corrected chi connectivity index (χ0v) is 17.9. The van der Waals surface area contributed by atoms with Crippen LogP contribution in [-0.2, 0) is 4.74 Å². The van der Waals surface area contributed by atoms with Gasteiger partial charge in [0.15, 0.2) is 0 Å². The fourth-order valence-electron chi connectivity index (χ4n) is 4.04. The number of ether oxygens (including phenoxy) is 1. The number of hydrogen-bond donors (Lipinski definition) is 1. The van der Waals surface area contributed by atoms with Gasteiger partial charge in [-0.1, -0.05) is 24.1 Å². The number of nitrogens with two attached hydrogens (primary N) is 1. The number of benzene rings is 2. The lowest BCUT2D eigenvalue weighted by Gasteiger charge is -2.29. The second kappa shape index (κ2) is 8.66. The molecule has 158 valence electrons. The number of morpholine rings is 1. The number of anilines is 2. The van der Waals surface area contributed by atoms with E-state index in [4.69, 9.17) is 16.9 Å². The quantitative estimate of drug-likeness (QED) is 0.663. The Kier molecular flexibility index (Phi) is 5.79. The number of pyridine rings is 1. The smallest absolute Gasteiger partial charge is 0.255 e. The first kappa shape index (κ1) is 20.7.